The van der Waals surface area contributed by atoms with E-state index in [0.29, 0.717) is 17.7 Å². The summed E-state index contributed by atoms with van der Waals surface area (Å²) < 4.78 is 72.6. The van der Waals surface area contributed by atoms with Gasteiger partial charge < -0.3 is 14.2 Å². The van der Waals surface area contributed by atoms with Gasteiger partial charge in [-0.2, -0.15) is 13.2 Å². The molecule has 0 atom stereocenters. The molecular weight excluding hydrogens is 424 g/mol. The number of ether oxygens (including phenoxy) is 3. The van der Waals surface area contributed by atoms with E-state index in [1.165, 1.54) is 24.3 Å². The van der Waals surface area contributed by atoms with Gasteiger partial charge in [0.05, 0.1) is 13.2 Å². The molecule has 0 saturated carbocycles. The predicted molar refractivity (Wildman–Crippen MR) is 114 cm³/mol. The van der Waals surface area contributed by atoms with Crippen molar-refractivity contribution in [2.75, 3.05) is 13.2 Å². The molecule has 3 aromatic carbocycles. The van der Waals surface area contributed by atoms with Gasteiger partial charge >= 0.3 is 0 Å². The summed E-state index contributed by atoms with van der Waals surface area (Å²) in [5.74, 6) is -4.80. The molecule has 0 unspecified atom stereocenters. The lowest BCUT2D eigenvalue weighted by molar-refractivity contribution is 0.267. The number of unbranched alkanes of at least 4 members (excludes halogenated alkanes) is 1. The fourth-order valence-electron chi connectivity index (χ4n) is 3.03. The largest absolute Gasteiger partial charge is 0.491 e. The Morgan fingerprint density at radius 3 is 1.81 bits per heavy atom. The van der Waals surface area contributed by atoms with Gasteiger partial charge in [0.25, 0.3) is 0 Å². The lowest BCUT2D eigenvalue weighted by Gasteiger charge is -2.12. The van der Waals surface area contributed by atoms with Crippen LogP contribution in [-0.4, -0.2) is 13.2 Å². The Morgan fingerprint density at radius 1 is 0.625 bits per heavy atom. The van der Waals surface area contributed by atoms with E-state index in [1.807, 2.05) is 6.92 Å². The van der Waals surface area contributed by atoms with Gasteiger partial charge in [0, 0.05) is 5.56 Å². The van der Waals surface area contributed by atoms with Crippen molar-refractivity contribution in [3.63, 3.8) is 0 Å². The highest BCUT2D eigenvalue weighted by Crippen LogP contribution is 2.31. The highest BCUT2D eigenvalue weighted by atomic mass is 19.2. The fourth-order valence-corrected chi connectivity index (χ4v) is 3.03. The summed E-state index contributed by atoms with van der Waals surface area (Å²) in [4.78, 5) is 0. The molecule has 32 heavy (non-hydrogen) atoms. The van der Waals surface area contributed by atoms with Crippen molar-refractivity contribution in [3.05, 3.63) is 77.4 Å². The molecule has 3 aromatic rings. The van der Waals surface area contributed by atoms with Crippen LogP contribution in [0.2, 0.25) is 0 Å². The van der Waals surface area contributed by atoms with Crippen molar-refractivity contribution in [1.29, 1.82) is 0 Å². The summed E-state index contributed by atoms with van der Waals surface area (Å²) >= 11 is 0. The third-order valence-electron chi connectivity index (χ3n) is 4.77. The first-order valence-electron chi connectivity index (χ1n) is 10.4. The summed E-state index contributed by atoms with van der Waals surface area (Å²) in [5, 5.41) is 0. The standard InChI is InChI=1S/C25H24F4O3/c1-3-5-14-31-20-12-13-21(25(29)24(20)28)32-15-16-6-8-17(9-7-16)18-10-11-19(30-4-2)23(27)22(18)26/h6-13H,3-5,14-15H2,1-2H3. The molecule has 0 radical (unpaired) electrons. The highest BCUT2D eigenvalue weighted by molar-refractivity contribution is 5.65. The van der Waals surface area contributed by atoms with Crippen LogP contribution in [0.15, 0.2) is 48.5 Å². The molecule has 0 aliphatic heterocycles. The first-order chi connectivity index (χ1) is 15.5. The molecule has 3 rings (SSSR count). The number of hydrogen-bond donors (Lipinski definition) is 0. The van der Waals surface area contributed by atoms with E-state index in [2.05, 4.69) is 0 Å². The third-order valence-corrected chi connectivity index (χ3v) is 4.77. The quantitative estimate of drug-likeness (QED) is 0.245. The third kappa shape index (κ3) is 5.33. The minimum absolute atomic E-state index is 0.0349. The van der Waals surface area contributed by atoms with Gasteiger partial charge in [-0.1, -0.05) is 37.6 Å². The number of hydrogen-bond acceptors (Lipinski definition) is 3. The van der Waals surface area contributed by atoms with Crippen LogP contribution in [0.3, 0.4) is 0 Å². The van der Waals surface area contributed by atoms with E-state index in [4.69, 9.17) is 14.2 Å². The van der Waals surface area contributed by atoms with Crippen LogP contribution < -0.4 is 14.2 Å². The zero-order valence-corrected chi connectivity index (χ0v) is 17.9. The Morgan fingerprint density at radius 2 is 1.19 bits per heavy atom. The van der Waals surface area contributed by atoms with Crippen LogP contribution in [0.5, 0.6) is 17.2 Å². The van der Waals surface area contributed by atoms with Crippen molar-refractivity contribution < 1.29 is 31.8 Å². The molecule has 3 nitrogen and oxygen atoms in total. The fraction of sp³-hybridized carbons (Fsp3) is 0.280. The molecule has 0 amide bonds. The van der Waals surface area contributed by atoms with Gasteiger partial charge in [0.15, 0.2) is 23.1 Å². The van der Waals surface area contributed by atoms with Gasteiger partial charge in [-0.05, 0) is 48.7 Å². The summed E-state index contributed by atoms with van der Waals surface area (Å²) in [6, 6.07) is 11.9. The average molecular weight is 448 g/mol. The van der Waals surface area contributed by atoms with Gasteiger partial charge in [-0.25, -0.2) is 4.39 Å². The van der Waals surface area contributed by atoms with Gasteiger partial charge in [0.1, 0.15) is 6.61 Å². The second kappa shape index (κ2) is 10.9. The molecule has 0 spiro atoms. The molecular formula is C25H24F4O3. The van der Waals surface area contributed by atoms with Crippen molar-refractivity contribution in [2.24, 2.45) is 0 Å². The van der Waals surface area contributed by atoms with Gasteiger partial charge in [-0.15, -0.1) is 0 Å². The monoisotopic (exact) mass is 448 g/mol. The van der Waals surface area contributed by atoms with E-state index in [0.717, 1.165) is 12.8 Å². The molecule has 170 valence electrons. The molecule has 0 heterocycles. The second-order valence-corrected chi connectivity index (χ2v) is 7.05. The lowest BCUT2D eigenvalue weighted by atomic mass is 10.0. The Hall–Kier alpha value is -3.22. The van der Waals surface area contributed by atoms with Crippen molar-refractivity contribution >= 4 is 0 Å². The minimum atomic E-state index is -1.12. The lowest BCUT2D eigenvalue weighted by Crippen LogP contribution is -2.03. The highest BCUT2D eigenvalue weighted by Gasteiger charge is 2.17. The Labute approximate surface area is 184 Å². The Kier molecular flexibility index (Phi) is 7.98. The number of benzene rings is 3. The average Bonchev–Trinajstić information content (AvgIpc) is 2.80. The normalized spacial score (nSPS) is 10.8. The first-order valence-corrected chi connectivity index (χ1v) is 10.4. The predicted octanol–water partition coefficient (Wildman–Crippen LogP) is 7.07. The van der Waals surface area contributed by atoms with Gasteiger partial charge in [0.2, 0.25) is 17.5 Å². The summed E-state index contributed by atoms with van der Waals surface area (Å²) in [5.41, 5.74) is 1.19. The van der Waals surface area contributed by atoms with E-state index in [-0.39, 0.29) is 36.0 Å². The maximum absolute atomic E-state index is 14.4. The maximum Gasteiger partial charge on any atom is 0.204 e. The van der Waals surface area contributed by atoms with Crippen LogP contribution in [0.4, 0.5) is 17.6 Å². The van der Waals surface area contributed by atoms with Crippen LogP contribution in [0.25, 0.3) is 11.1 Å². The van der Waals surface area contributed by atoms with Crippen molar-refractivity contribution in [1.82, 2.24) is 0 Å². The molecule has 0 aromatic heterocycles. The topological polar surface area (TPSA) is 27.7 Å². The van der Waals surface area contributed by atoms with E-state index in [9.17, 15) is 17.6 Å². The molecule has 0 aliphatic carbocycles. The smallest absolute Gasteiger partial charge is 0.204 e. The first kappa shape index (κ1) is 23.4. The van der Waals surface area contributed by atoms with Gasteiger partial charge in [-0.3, -0.25) is 0 Å². The van der Waals surface area contributed by atoms with Crippen LogP contribution in [-0.2, 0) is 6.61 Å². The van der Waals surface area contributed by atoms with E-state index in [1.54, 1.807) is 31.2 Å². The number of rotatable bonds is 10. The van der Waals surface area contributed by atoms with E-state index >= 15 is 0 Å². The summed E-state index contributed by atoms with van der Waals surface area (Å²) in [7, 11) is 0. The summed E-state index contributed by atoms with van der Waals surface area (Å²) in [6.45, 7) is 4.15. The Balaban J connectivity index is 1.68. The maximum atomic E-state index is 14.4. The Bertz CT molecular complexity index is 1050. The molecule has 0 aliphatic rings. The molecule has 7 heteroatoms. The van der Waals surface area contributed by atoms with Crippen LogP contribution in [0.1, 0.15) is 32.3 Å². The zero-order valence-electron chi connectivity index (χ0n) is 17.9. The van der Waals surface area contributed by atoms with E-state index < -0.39 is 23.3 Å². The molecule has 0 fully saturated rings. The van der Waals surface area contributed by atoms with Crippen molar-refractivity contribution in [3.8, 4) is 28.4 Å². The summed E-state index contributed by atoms with van der Waals surface area (Å²) in [6.07, 6.45) is 1.62. The van der Waals surface area contributed by atoms with Crippen molar-refractivity contribution in [2.45, 2.75) is 33.3 Å². The minimum Gasteiger partial charge on any atom is -0.491 e. The molecule has 0 saturated heterocycles. The van der Waals surface area contributed by atoms with Crippen LogP contribution in [0, 0.1) is 23.3 Å². The zero-order chi connectivity index (χ0) is 23.1. The molecule has 0 bridgehead atoms. The number of halogens is 4. The second-order valence-electron chi connectivity index (χ2n) is 7.05. The van der Waals surface area contributed by atoms with Crippen LogP contribution >= 0.6 is 0 Å². The SMILES string of the molecule is CCCCOc1ccc(OCc2ccc(-c3ccc(OCC)c(F)c3F)cc2)c(F)c1F. The molecule has 0 N–H and O–H groups in total.